The predicted molar refractivity (Wildman–Crippen MR) is 76.5 cm³/mol. The summed E-state index contributed by atoms with van der Waals surface area (Å²) in [5.74, 6) is 0.0993. The summed E-state index contributed by atoms with van der Waals surface area (Å²) in [6, 6.07) is 0.499. The molecule has 1 aliphatic carbocycles. The van der Waals surface area contributed by atoms with Crippen LogP contribution in [0.3, 0.4) is 0 Å². The largest absolute Gasteiger partial charge is 0.382 e. The van der Waals surface area contributed by atoms with E-state index in [0.29, 0.717) is 17.5 Å². The second-order valence-corrected chi connectivity index (χ2v) is 6.27. The third-order valence-corrected chi connectivity index (χ3v) is 4.45. The lowest BCUT2D eigenvalue weighted by Gasteiger charge is -2.00. The highest BCUT2D eigenvalue weighted by molar-refractivity contribution is 7.18. The van der Waals surface area contributed by atoms with Crippen LogP contribution in [-0.2, 0) is 6.54 Å². The molecule has 4 N–H and O–H groups in total. The van der Waals surface area contributed by atoms with Crippen LogP contribution in [0, 0.1) is 0 Å². The van der Waals surface area contributed by atoms with Crippen LogP contribution in [0.15, 0.2) is 11.7 Å². The molecular formula is C11H13N5OS2. The highest BCUT2D eigenvalue weighted by Gasteiger charge is 2.24. The molecule has 0 spiro atoms. The number of nitrogens with zero attached hydrogens (tertiary/aromatic N) is 2. The van der Waals surface area contributed by atoms with E-state index in [1.54, 1.807) is 11.7 Å². The molecule has 8 heteroatoms. The summed E-state index contributed by atoms with van der Waals surface area (Å²) < 4.78 is 0. The average molecular weight is 295 g/mol. The number of amides is 1. The molecule has 6 nitrogen and oxygen atoms in total. The van der Waals surface area contributed by atoms with Gasteiger partial charge in [0, 0.05) is 17.1 Å². The minimum Gasteiger partial charge on any atom is -0.382 e. The molecule has 1 fully saturated rings. The van der Waals surface area contributed by atoms with Gasteiger partial charge in [-0.1, -0.05) is 11.3 Å². The van der Waals surface area contributed by atoms with Crippen molar-refractivity contribution >= 4 is 39.5 Å². The Morgan fingerprint density at radius 2 is 2.37 bits per heavy atom. The Labute approximate surface area is 118 Å². The smallest absolute Gasteiger partial charge is 0.265 e. The van der Waals surface area contributed by atoms with Crippen molar-refractivity contribution in [2.24, 2.45) is 0 Å². The van der Waals surface area contributed by atoms with Gasteiger partial charge in [-0.25, -0.2) is 4.98 Å². The van der Waals surface area contributed by atoms with Crippen molar-refractivity contribution in [1.82, 2.24) is 15.3 Å². The maximum Gasteiger partial charge on any atom is 0.265 e. The molecule has 0 bridgehead atoms. The topological polar surface area (TPSA) is 92.9 Å². The molecule has 3 rings (SSSR count). The zero-order valence-corrected chi connectivity index (χ0v) is 11.7. The van der Waals surface area contributed by atoms with E-state index in [9.17, 15) is 4.79 Å². The first kappa shape index (κ1) is 12.4. The second kappa shape index (κ2) is 5.14. The molecule has 100 valence electrons. The first-order valence-electron chi connectivity index (χ1n) is 5.91. The third-order valence-electron chi connectivity index (χ3n) is 2.67. The number of thiazole rings is 2. The number of nitrogen functional groups attached to an aromatic ring is 1. The Hall–Kier alpha value is -1.67. The Morgan fingerprint density at radius 3 is 3.05 bits per heavy atom. The quantitative estimate of drug-likeness (QED) is 0.780. The van der Waals surface area contributed by atoms with Crippen molar-refractivity contribution in [3.05, 3.63) is 21.5 Å². The Balaban J connectivity index is 1.63. The number of carbonyl (C=O) groups excluding carboxylic acids is 1. The maximum absolute atomic E-state index is 12.0. The van der Waals surface area contributed by atoms with Crippen LogP contribution in [0.2, 0.25) is 0 Å². The lowest BCUT2D eigenvalue weighted by molar-refractivity contribution is 0.0956. The second-order valence-electron chi connectivity index (χ2n) is 4.30. The van der Waals surface area contributed by atoms with Crippen molar-refractivity contribution in [2.75, 3.05) is 11.1 Å². The third kappa shape index (κ3) is 3.02. The van der Waals surface area contributed by atoms with Gasteiger partial charge in [0.2, 0.25) is 0 Å². The summed E-state index contributed by atoms with van der Waals surface area (Å²) in [7, 11) is 0. The van der Waals surface area contributed by atoms with Gasteiger partial charge >= 0.3 is 0 Å². The fourth-order valence-electron chi connectivity index (χ4n) is 1.54. The highest BCUT2D eigenvalue weighted by Crippen LogP contribution is 2.30. The Kier molecular flexibility index (Phi) is 3.34. The molecule has 0 radical (unpaired) electrons. The number of rotatable bonds is 5. The van der Waals surface area contributed by atoms with E-state index >= 15 is 0 Å². The Bertz CT molecular complexity index is 576. The molecule has 2 aromatic heterocycles. The normalized spacial score (nSPS) is 14.3. The first-order valence-corrected chi connectivity index (χ1v) is 7.60. The van der Waals surface area contributed by atoms with Gasteiger partial charge in [-0.2, -0.15) is 0 Å². The van der Waals surface area contributed by atoms with Crippen molar-refractivity contribution < 1.29 is 4.79 Å². The maximum atomic E-state index is 12.0. The van der Waals surface area contributed by atoms with Gasteiger partial charge in [-0.3, -0.25) is 9.78 Å². The summed E-state index contributed by atoms with van der Waals surface area (Å²) in [5, 5.41) is 6.78. The molecule has 2 aromatic rings. The summed E-state index contributed by atoms with van der Waals surface area (Å²) >= 11 is 2.81. The van der Waals surface area contributed by atoms with Crippen LogP contribution in [0.4, 0.5) is 10.9 Å². The van der Waals surface area contributed by atoms with Gasteiger partial charge in [-0.05, 0) is 12.8 Å². The summed E-state index contributed by atoms with van der Waals surface area (Å²) in [4.78, 5) is 21.6. The molecule has 2 heterocycles. The number of carbonyl (C=O) groups is 1. The highest BCUT2D eigenvalue weighted by atomic mass is 32.1. The average Bonchev–Trinajstić information content (AvgIpc) is 2.90. The number of aromatic nitrogens is 2. The predicted octanol–water partition coefficient (Wildman–Crippen LogP) is 1.69. The van der Waals surface area contributed by atoms with Crippen molar-refractivity contribution in [2.45, 2.75) is 25.4 Å². The summed E-state index contributed by atoms with van der Waals surface area (Å²) in [6.45, 7) is 0.465. The van der Waals surface area contributed by atoms with Crippen LogP contribution in [0.1, 0.15) is 27.4 Å². The fourth-order valence-corrected chi connectivity index (χ4v) is 2.95. The number of nitrogens with two attached hydrogens (primary N) is 1. The van der Waals surface area contributed by atoms with Crippen LogP contribution < -0.4 is 16.4 Å². The summed E-state index contributed by atoms with van der Waals surface area (Å²) in [5.41, 5.74) is 7.51. The molecule has 0 aliphatic heterocycles. The first-order chi connectivity index (χ1) is 9.22. The zero-order chi connectivity index (χ0) is 13.2. The van der Waals surface area contributed by atoms with Crippen molar-refractivity contribution in [3.8, 4) is 0 Å². The molecule has 0 unspecified atom stereocenters. The molecule has 1 amide bonds. The van der Waals surface area contributed by atoms with E-state index in [0.717, 1.165) is 22.9 Å². The van der Waals surface area contributed by atoms with E-state index in [4.69, 9.17) is 5.73 Å². The molecule has 0 atom stereocenters. The minimum atomic E-state index is -0.188. The van der Waals surface area contributed by atoms with E-state index in [2.05, 4.69) is 20.6 Å². The van der Waals surface area contributed by atoms with Gasteiger partial charge in [-0.15, -0.1) is 11.3 Å². The van der Waals surface area contributed by atoms with Crippen LogP contribution >= 0.6 is 22.7 Å². The number of hydrogen-bond acceptors (Lipinski definition) is 7. The van der Waals surface area contributed by atoms with Gasteiger partial charge in [0.1, 0.15) is 10.7 Å². The lowest BCUT2D eigenvalue weighted by atomic mass is 10.4. The molecule has 0 saturated heterocycles. The van der Waals surface area contributed by atoms with Gasteiger partial charge in [0.25, 0.3) is 5.91 Å². The number of hydrogen-bond donors (Lipinski definition) is 3. The van der Waals surface area contributed by atoms with Crippen molar-refractivity contribution in [3.63, 3.8) is 0 Å². The van der Waals surface area contributed by atoms with Crippen LogP contribution in [0.25, 0.3) is 0 Å². The SMILES string of the molecule is Nc1nc(NC2CC2)sc1C(=O)NCc1cncs1. The van der Waals surface area contributed by atoms with Crippen LogP contribution in [0.5, 0.6) is 0 Å². The lowest BCUT2D eigenvalue weighted by Crippen LogP contribution is -2.22. The van der Waals surface area contributed by atoms with E-state index in [-0.39, 0.29) is 11.7 Å². The standard InChI is InChI=1S/C11H13N5OS2/c12-9-8(19-11(16-9)15-6-1-2-6)10(17)14-4-7-3-13-5-18-7/h3,5-6H,1-2,4,12H2,(H,14,17)(H,15,16). The van der Waals surface area contributed by atoms with Gasteiger partial charge < -0.3 is 16.4 Å². The number of nitrogens with one attached hydrogen (secondary N) is 2. The fraction of sp³-hybridized carbons (Fsp3) is 0.364. The minimum absolute atomic E-state index is 0.188. The molecule has 1 aliphatic rings. The van der Waals surface area contributed by atoms with E-state index < -0.39 is 0 Å². The van der Waals surface area contributed by atoms with Crippen LogP contribution in [-0.4, -0.2) is 21.9 Å². The summed E-state index contributed by atoms with van der Waals surface area (Å²) in [6.07, 6.45) is 4.06. The Morgan fingerprint density at radius 1 is 1.53 bits per heavy atom. The van der Waals surface area contributed by atoms with Gasteiger partial charge in [0.15, 0.2) is 5.13 Å². The number of anilines is 2. The molecule has 19 heavy (non-hydrogen) atoms. The van der Waals surface area contributed by atoms with Crippen molar-refractivity contribution in [1.29, 1.82) is 0 Å². The monoisotopic (exact) mass is 295 g/mol. The van der Waals surface area contributed by atoms with E-state index in [1.807, 2.05) is 0 Å². The van der Waals surface area contributed by atoms with Gasteiger partial charge in [0.05, 0.1) is 12.1 Å². The molecule has 1 saturated carbocycles. The molecular weight excluding hydrogens is 282 g/mol. The molecule has 0 aromatic carbocycles. The van der Waals surface area contributed by atoms with E-state index in [1.165, 1.54) is 22.7 Å². The zero-order valence-electron chi connectivity index (χ0n) is 10.0.